The molecule has 0 saturated heterocycles. The topological polar surface area (TPSA) is 106 Å². The van der Waals surface area contributed by atoms with Gasteiger partial charge in [0.2, 0.25) is 10.9 Å². The van der Waals surface area contributed by atoms with Crippen LogP contribution >= 0.6 is 34.7 Å². The molecule has 0 radical (unpaired) electrons. The Kier molecular flexibility index (Phi) is 7.31. The van der Waals surface area contributed by atoms with E-state index >= 15 is 0 Å². The molecule has 37 heavy (non-hydrogen) atoms. The smallest absolute Gasteiger partial charge is 0.296 e. The molecule has 8 nitrogen and oxygen atoms in total. The van der Waals surface area contributed by atoms with Crippen molar-refractivity contribution in [2.75, 3.05) is 11.5 Å². The Bertz CT molecular complexity index is 1480. The first kappa shape index (κ1) is 25.1. The maximum absolute atomic E-state index is 13.4. The van der Waals surface area contributed by atoms with E-state index in [9.17, 15) is 14.7 Å². The summed E-state index contributed by atoms with van der Waals surface area (Å²) in [5.41, 5.74) is 1.41. The lowest BCUT2D eigenvalue weighted by molar-refractivity contribution is -0.117. The van der Waals surface area contributed by atoms with Gasteiger partial charge in [0.1, 0.15) is 5.75 Å². The fourth-order valence-electron chi connectivity index (χ4n) is 3.94. The minimum Gasteiger partial charge on any atom is -0.503 e. The van der Waals surface area contributed by atoms with Crippen LogP contribution in [0.5, 0.6) is 5.75 Å². The van der Waals surface area contributed by atoms with Gasteiger partial charge in [-0.3, -0.25) is 14.5 Å². The number of rotatable bonds is 9. The second kappa shape index (κ2) is 10.8. The minimum atomic E-state index is -0.958. The number of nitrogens with zero attached hydrogens (tertiary/aromatic N) is 3. The number of carbonyl (C=O) groups is 2. The van der Waals surface area contributed by atoms with Crippen LogP contribution in [0.15, 0.2) is 87.0 Å². The van der Waals surface area contributed by atoms with E-state index in [-0.39, 0.29) is 16.5 Å². The molecule has 1 amide bonds. The molecule has 0 bridgehead atoms. The number of halogens is 1. The Morgan fingerprint density at radius 1 is 1.19 bits per heavy atom. The van der Waals surface area contributed by atoms with Gasteiger partial charge in [0.25, 0.3) is 5.91 Å². The summed E-state index contributed by atoms with van der Waals surface area (Å²) in [7, 11) is 0. The third kappa shape index (κ3) is 5.00. The first-order valence-corrected chi connectivity index (χ1v) is 13.4. The monoisotopic (exact) mass is 553 g/mol. The van der Waals surface area contributed by atoms with Crippen molar-refractivity contribution in [2.45, 2.75) is 23.1 Å². The number of furan rings is 1. The van der Waals surface area contributed by atoms with Gasteiger partial charge in [-0.25, -0.2) is 0 Å². The molecule has 11 heteroatoms. The van der Waals surface area contributed by atoms with E-state index in [1.165, 1.54) is 40.3 Å². The van der Waals surface area contributed by atoms with Crippen molar-refractivity contribution in [3.8, 4) is 5.75 Å². The number of ketones is 1. The van der Waals surface area contributed by atoms with Gasteiger partial charge < -0.3 is 14.3 Å². The van der Waals surface area contributed by atoms with E-state index in [1.54, 1.807) is 30.3 Å². The fourth-order valence-corrected chi connectivity index (χ4v) is 6.10. The lowest BCUT2D eigenvalue weighted by atomic mass is 9.95. The van der Waals surface area contributed by atoms with Gasteiger partial charge in [-0.2, -0.15) is 0 Å². The lowest BCUT2D eigenvalue weighted by Crippen LogP contribution is -2.31. The van der Waals surface area contributed by atoms with Crippen molar-refractivity contribution in [1.29, 1.82) is 0 Å². The Balaban J connectivity index is 1.51. The maximum atomic E-state index is 13.4. The molecule has 4 aromatic rings. The highest BCUT2D eigenvalue weighted by atomic mass is 35.5. The summed E-state index contributed by atoms with van der Waals surface area (Å²) in [6.07, 6.45) is 1.36. The Morgan fingerprint density at radius 3 is 2.78 bits per heavy atom. The number of carbonyl (C=O) groups excluding carboxylic acids is 2. The fraction of sp³-hybridized carbons (Fsp3) is 0.154. The standard InChI is InChI=1S/C26H20ClN3O5S2/c1-2-34-17-9-5-8-15(13-17)21-20(22(31)19-11-6-12-35-19)23(32)24(33)30(21)25-28-29-26(37-25)36-14-16-7-3-4-10-18(16)27/h3-13,21,32H,2,14H2,1H3. The van der Waals surface area contributed by atoms with Crippen LogP contribution in [0.4, 0.5) is 5.13 Å². The zero-order chi connectivity index (χ0) is 25.9. The van der Waals surface area contributed by atoms with Crippen molar-refractivity contribution in [2.24, 2.45) is 0 Å². The van der Waals surface area contributed by atoms with Crippen LogP contribution in [0.2, 0.25) is 5.02 Å². The van der Waals surface area contributed by atoms with Gasteiger partial charge >= 0.3 is 0 Å². The maximum Gasteiger partial charge on any atom is 0.296 e. The lowest BCUT2D eigenvalue weighted by Gasteiger charge is -2.24. The normalized spacial score (nSPS) is 15.5. The summed E-state index contributed by atoms with van der Waals surface area (Å²) < 4.78 is 11.5. The highest BCUT2D eigenvalue weighted by Crippen LogP contribution is 2.44. The first-order valence-electron chi connectivity index (χ1n) is 11.2. The molecule has 1 unspecified atom stereocenters. The van der Waals surface area contributed by atoms with Crippen LogP contribution in [-0.4, -0.2) is 33.6 Å². The van der Waals surface area contributed by atoms with Gasteiger partial charge in [-0.15, -0.1) is 10.2 Å². The molecule has 0 fully saturated rings. The average molecular weight is 554 g/mol. The average Bonchev–Trinajstić information content (AvgIpc) is 3.65. The third-order valence-corrected chi connectivity index (χ3v) is 8.07. The molecule has 5 rings (SSSR count). The van der Waals surface area contributed by atoms with E-state index in [0.717, 1.165) is 5.56 Å². The Morgan fingerprint density at radius 2 is 2.03 bits per heavy atom. The molecule has 1 N–H and O–H groups in total. The summed E-state index contributed by atoms with van der Waals surface area (Å²) in [6, 6.07) is 16.6. The number of aromatic nitrogens is 2. The molecule has 0 spiro atoms. The molecule has 1 aliphatic rings. The van der Waals surface area contributed by atoms with Crippen molar-refractivity contribution in [3.63, 3.8) is 0 Å². The van der Waals surface area contributed by atoms with Crippen LogP contribution < -0.4 is 9.64 Å². The number of aliphatic hydroxyl groups excluding tert-OH is 1. The molecule has 2 aromatic carbocycles. The molecular formula is C26H20ClN3O5S2. The number of hydrogen-bond donors (Lipinski definition) is 1. The van der Waals surface area contributed by atoms with E-state index < -0.39 is 23.5 Å². The molecule has 0 saturated carbocycles. The number of hydrogen-bond acceptors (Lipinski definition) is 9. The molecule has 1 atom stereocenters. The largest absolute Gasteiger partial charge is 0.503 e. The van der Waals surface area contributed by atoms with E-state index in [2.05, 4.69) is 10.2 Å². The third-order valence-electron chi connectivity index (χ3n) is 5.59. The zero-order valence-electron chi connectivity index (χ0n) is 19.5. The predicted octanol–water partition coefficient (Wildman–Crippen LogP) is 6.26. The van der Waals surface area contributed by atoms with E-state index in [0.29, 0.717) is 33.0 Å². The summed E-state index contributed by atoms with van der Waals surface area (Å²) >= 11 is 8.87. The summed E-state index contributed by atoms with van der Waals surface area (Å²) in [5, 5.41) is 20.2. The van der Waals surface area contributed by atoms with Gasteiger partial charge in [0.15, 0.2) is 15.9 Å². The quantitative estimate of drug-likeness (QED) is 0.147. The predicted molar refractivity (Wildman–Crippen MR) is 141 cm³/mol. The second-order valence-electron chi connectivity index (χ2n) is 7.88. The number of benzene rings is 2. The van der Waals surface area contributed by atoms with Crippen molar-refractivity contribution in [3.05, 3.63) is 100 Å². The van der Waals surface area contributed by atoms with Crippen molar-refractivity contribution < 1.29 is 23.8 Å². The van der Waals surface area contributed by atoms with Gasteiger partial charge in [-0.1, -0.05) is 65.0 Å². The summed E-state index contributed by atoms with van der Waals surface area (Å²) in [6.45, 7) is 2.30. The van der Waals surface area contributed by atoms with Crippen molar-refractivity contribution in [1.82, 2.24) is 10.2 Å². The Hall–Kier alpha value is -3.60. The van der Waals surface area contributed by atoms with Crippen LogP contribution in [0, 0.1) is 0 Å². The number of thioether (sulfide) groups is 1. The first-order chi connectivity index (χ1) is 18.0. The molecule has 3 heterocycles. The van der Waals surface area contributed by atoms with Crippen LogP contribution in [0.3, 0.4) is 0 Å². The number of anilines is 1. The zero-order valence-corrected chi connectivity index (χ0v) is 21.8. The number of amides is 1. The van der Waals surface area contributed by atoms with Crippen LogP contribution in [-0.2, 0) is 10.5 Å². The summed E-state index contributed by atoms with van der Waals surface area (Å²) in [4.78, 5) is 28.0. The molecule has 188 valence electrons. The highest BCUT2D eigenvalue weighted by molar-refractivity contribution is 8.00. The van der Waals surface area contributed by atoms with E-state index in [1.807, 2.05) is 31.2 Å². The Labute approximate surface area is 225 Å². The van der Waals surface area contributed by atoms with Gasteiger partial charge in [0, 0.05) is 10.8 Å². The van der Waals surface area contributed by atoms with Crippen LogP contribution in [0.25, 0.3) is 0 Å². The van der Waals surface area contributed by atoms with Gasteiger partial charge in [-0.05, 0) is 48.4 Å². The SMILES string of the molecule is CCOc1cccc(C2C(C(=O)c3ccco3)=C(O)C(=O)N2c2nnc(SCc3ccccc3Cl)s2)c1. The highest BCUT2D eigenvalue weighted by Gasteiger charge is 2.46. The molecule has 0 aliphatic carbocycles. The van der Waals surface area contributed by atoms with Crippen LogP contribution in [0.1, 0.15) is 34.6 Å². The van der Waals surface area contributed by atoms with Gasteiger partial charge in [0.05, 0.1) is 24.5 Å². The van der Waals surface area contributed by atoms with Crippen molar-refractivity contribution >= 4 is 51.5 Å². The molecule has 2 aromatic heterocycles. The molecule has 1 aliphatic heterocycles. The number of Topliss-reactive ketones (excluding diaryl/α,β-unsaturated/α-hetero) is 1. The molecular weight excluding hydrogens is 534 g/mol. The second-order valence-corrected chi connectivity index (χ2v) is 10.5. The van der Waals surface area contributed by atoms with E-state index in [4.69, 9.17) is 20.8 Å². The number of ether oxygens (including phenoxy) is 1. The summed E-state index contributed by atoms with van der Waals surface area (Å²) in [5.74, 6) is -0.863. The minimum absolute atomic E-state index is 0.00964. The number of aliphatic hydroxyl groups is 1.